The van der Waals surface area contributed by atoms with E-state index in [0.717, 1.165) is 23.8 Å². The Morgan fingerprint density at radius 2 is 1.90 bits per heavy atom. The standard InChI is InChI=1S/C24H22ClNO4/c1-2-10-30-20-7-8-21(22(25)13-20)24(29)26-14-19-12-18(6-9-23(19)28)17-5-3-4-16(11-17)15-27/h3-9,11-13,15,28H,2,10,14H2,1H3,(H,26,29). The van der Waals surface area contributed by atoms with E-state index in [1.54, 1.807) is 54.6 Å². The van der Waals surface area contributed by atoms with Crippen LogP contribution in [0.3, 0.4) is 0 Å². The number of carbonyl (C=O) groups excluding carboxylic acids is 2. The third-order valence-corrected chi connectivity index (χ3v) is 4.85. The maximum absolute atomic E-state index is 12.6. The van der Waals surface area contributed by atoms with Crippen molar-refractivity contribution in [3.63, 3.8) is 0 Å². The van der Waals surface area contributed by atoms with E-state index in [0.29, 0.717) is 34.1 Å². The Kier molecular flexibility index (Phi) is 7.09. The molecular formula is C24H22ClNO4. The first-order chi connectivity index (χ1) is 14.5. The molecular weight excluding hydrogens is 402 g/mol. The SMILES string of the molecule is CCCOc1ccc(C(=O)NCc2cc(-c3cccc(C=O)c3)ccc2O)c(Cl)c1. The summed E-state index contributed by atoms with van der Waals surface area (Å²) < 4.78 is 5.52. The van der Waals surface area contributed by atoms with Crippen molar-refractivity contribution in [2.24, 2.45) is 0 Å². The van der Waals surface area contributed by atoms with Crippen LogP contribution in [0.2, 0.25) is 5.02 Å². The van der Waals surface area contributed by atoms with E-state index in [1.165, 1.54) is 0 Å². The molecule has 0 aliphatic rings. The number of hydrogen-bond donors (Lipinski definition) is 2. The maximum Gasteiger partial charge on any atom is 0.253 e. The molecule has 0 spiro atoms. The third kappa shape index (κ3) is 5.19. The summed E-state index contributed by atoms with van der Waals surface area (Å²) in [6.45, 7) is 2.70. The number of phenols is 1. The smallest absolute Gasteiger partial charge is 0.253 e. The van der Waals surface area contributed by atoms with Gasteiger partial charge in [-0.1, -0.05) is 42.8 Å². The minimum absolute atomic E-state index is 0.0694. The van der Waals surface area contributed by atoms with E-state index in [1.807, 2.05) is 13.0 Å². The van der Waals surface area contributed by atoms with Gasteiger partial charge in [0.25, 0.3) is 5.91 Å². The zero-order valence-corrected chi connectivity index (χ0v) is 17.3. The fourth-order valence-electron chi connectivity index (χ4n) is 2.96. The van der Waals surface area contributed by atoms with Crippen LogP contribution in [0.5, 0.6) is 11.5 Å². The van der Waals surface area contributed by atoms with E-state index in [4.69, 9.17) is 16.3 Å². The molecule has 6 heteroatoms. The molecule has 30 heavy (non-hydrogen) atoms. The van der Waals surface area contributed by atoms with Gasteiger partial charge < -0.3 is 15.2 Å². The number of carbonyl (C=O) groups is 2. The summed E-state index contributed by atoms with van der Waals surface area (Å²) in [4.78, 5) is 23.6. The second kappa shape index (κ2) is 9.94. The highest BCUT2D eigenvalue weighted by molar-refractivity contribution is 6.34. The van der Waals surface area contributed by atoms with Crippen LogP contribution in [-0.4, -0.2) is 23.9 Å². The second-order valence-corrected chi connectivity index (χ2v) is 7.17. The molecule has 0 bridgehead atoms. The number of halogens is 1. The minimum Gasteiger partial charge on any atom is -0.508 e. The molecule has 3 aromatic rings. The van der Waals surface area contributed by atoms with Gasteiger partial charge in [-0.3, -0.25) is 9.59 Å². The monoisotopic (exact) mass is 423 g/mol. The number of hydrogen-bond acceptors (Lipinski definition) is 4. The number of aldehydes is 1. The number of nitrogens with one attached hydrogen (secondary N) is 1. The molecule has 154 valence electrons. The molecule has 0 aliphatic carbocycles. The Morgan fingerprint density at radius 1 is 1.10 bits per heavy atom. The van der Waals surface area contributed by atoms with Gasteiger partial charge >= 0.3 is 0 Å². The number of benzene rings is 3. The predicted molar refractivity (Wildman–Crippen MR) is 117 cm³/mol. The number of aromatic hydroxyl groups is 1. The largest absolute Gasteiger partial charge is 0.508 e. The molecule has 0 fully saturated rings. The van der Waals surface area contributed by atoms with Crippen molar-refractivity contribution in [1.29, 1.82) is 0 Å². The second-order valence-electron chi connectivity index (χ2n) is 6.76. The maximum atomic E-state index is 12.6. The summed E-state index contributed by atoms with van der Waals surface area (Å²) in [6, 6.07) is 17.2. The quantitative estimate of drug-likeness (QED) is 0.485. The van der Waals surface area contributed by atoms with Crippen molar-refractivity contribution in [2.75, 3.05) is 6.61 Å². The van der Waals surface area contributed by atoms with Crippen LogP contribution in [0.25, 0.3) is 11.1 Å². The summed E-state index contributed by atoms with van der Waals surface area (Å²) in [6.07, 6.45) is 1.66. The first-order valence-corrected chi connectivity index (χ1v) is 9.97. The molecule has 0 saturated heterocycles. The predicted octanol–water partition coefficient (Wildman–Crippen LogP) is 5.24. The molecule has 1 amide bonds. The summed E-state index contributed by atoms with van der Waals surface area (Å²) in [5.41, 5.74) is 3.12. The first kappa shape index (κ1) is 21.4. The minimum atomic E-state index is -0.352. The summed E-state index contributed by atoms with van der Waals surface area (Å²) >= 11 is 6.23. The summed E-state index contributed by atoms with van der Waals surface area (Å²) in [5, 5.41) is 13.3. The van der Waals surface area contributed by atoms with E-state index >= 15 is 0 Å². The zero-order chi connectivity index (χ0) is 21.5. The van der Waals surface area contributed by atoms with Gasteiger partial charge in [-0.05, 0) is 53.9 Å². The molecule has 0 unspecified atom stereocenters. The Balaban J connectivity index is 1.73. The average molecular weight is 424 g/mol. The van der Waals surface area contributed by atoms with Crippen LogP contribution in [0.15, 0.2) is 60.7 Å². The molecule has 3 aromatic carbocycles. The molecule has 3 rings (SSSR count). The van der Waals surface area contributed by atoms with Gasteiger partial charge in [0.2, 0.25) is 0 Å². The molecule has 5 nitrogen and oxygen atoms in total. The topological polar surface area (TPSA) is 75.6 Å². The van der Waals surface area contributed by atoms with Crippen LogP contribution >= 0.6 is 11.6 Å². The van der Waals surface area contributed by atoms with Crippen LogP contribution in [-0.2, 0) is 6.54 Å². The highest BCUT2D eigenvalue weighted by Crippen LogP contribution is 2.27. The molecule has 0 aliphatic heterocycles. The van der Waals surface area contributed by atoms with Gasteiger partial charge in [-0.2, -0.15) is 0 Å². The van der Waals surface area contributed by atoms with E-state index < -0.39 is 0 Å². The van der Waals surface area contributed by atoms with Crippen molar-refractivity contribution >= 4 is 23.8 Å². The Morgan fingerprint density at radius 3 is 2.63 bits per heavy atom. The normalized spacial score (nSPS) is 10.5. The average Bonchev–Trinajstić information content (AvgIpc) is 2.77. The van der Waals surface area contributed by atoms with E-state index in [9.17, 15) is 14.7 Å². The zero-order valence-electron chi connectivity index (χ0n) is 16.5. The highest BCUT2D eigenvalue weighted by Gasteiger charge is 2.13. The van der Waals surface area contributed by atoms with Gasteiger partial charge in [0, 0.05) is 17.7 Å². The molecule has 0 radical (unpaired) electrons. The van der Waals surface area contributed by atoms with Crippen LogP contribution < -0.4 is 10.1 Å². The lowest BCUT2D eigenvalue weighted by atomic mass is 10.0. The lowest BCUT2D eigenvalue weighted by Gasteiger charge is -2.11. The van der Waals surface area contributed by atoms with Gasteiger partial charge in [0.15, 0.2) is 0 Å². The fraction of sp³-hybridized carbons (Fsp3) is 0.167. The summed E-state index contributed by atoms with van der Waals surface area (Å²) in [5.74, 6) is 0.330. The number of rotatable bonds is 8. The number of ether oxygens (including phenoxy) is 1. The van der Waals surface area contributed by atoms with Crippen molar-refractivity contribution in [3.8, 4) is 22.6 Å². The first-order valence-electron chi connectivity index (χ1n) is 9.60. The van der Waals surface area contributed by atoms with Gasteiger partial charge in [-0.25, -0.2) is 0 Å². The molecule has 0 heterocycles. The van der Waals surface area contributed by atoms with Gasteiger partial charge in [-0.15, -0.1) is 0 Å². The molecule has 0 atom stereocenters. The number of amides is 1. The lowest BCUT2D eigenvalue weighted by molar-refractivity contribution is 0.0950. The Hall–Kier alpha value is -3.31. The Bertz CT molecular complexity index is 1060. The van der Waals surface area contributed by atoms with E-state index in [-0.39, 0.29) is 18.2 Å². The summed E-state index contributed by atoms with van der Waals surface area (Å²) in [7, 11) is 0. The van der Waals surface area contributed by atoms with Crippen molar-refractivity contribution in [3.05, 3.63) is 82.4 Å². The number of phenolic OH excluding ortho intramolecular Hbond substituents is 1. The fourth-order valence-corrected chi connectivity index (χ4v) is 3.21. The third-order valence-electron chi connectivity index (χ3n) is 4.53. The van der Waals surface area contributed by atoms with Gasteiger partial charge in [0.1, 0.15) is 17.8 Å². The van der Waals surface area contributed by atoms with E-state index in [2.05, 4.69) is 5.32 Å². The highest BCUT2D eigenvalue weighted by atomic mass is 35.5. The molecule has 0 saturated carbocycles. The van der Waals surface area contributed by atoms with Crippen LogP contribution in [0.4, 0.5) is 0 Å². The van der Waals surface area contributed by atoms with Crippen LogP contribution in [0.1, 0.15) is 39.6 Å². The molecule has 0 aromatic heterocycles. The van der Waals surface area contributed by atoms with Crippen molar-refractivity contribution in [1.82, 2.24) is 5.32 Å². The van der Waals surface area contributed by atoms with Crippen molar-refractivity contribution in [2.45, 2.75) is 19.9 Å². The van der Waals surface area contributed by atoms with Gasteiger partial charge in [0.05, 0.1) is 17.2 Å². The Labute approximate surface area is 180 Å². The van der Waals surface area contributed by atoms with Crippen LogP contribution in [0, 0.1) is 0 Å². The lowest BCUT2D eigenvalue weighted by Crippen LogP contribution is -2.23. The van der Waals surface area contributed by atoms with Crippen molar-refractivity contribution < 1.29 is 19.4 Å². The molecule has 2 N–H and O–H groups in total.